The van der Waals surface area contributed by atoms with Crippen LogP contribution >= 0.6 is 11.8 Å². The predicted molar refractivity (Wildman–Crippen MR) is 80.8 cm³/mol. The Labute approximate surface area is 124 Å². The maximum atomic E-state index is 11.8. The Morgan fingerprint density at radius 3 is 2.85 bits per heavy atom. The lowest BCUT2D eigenvalue weighted by molar-refractivity contribution is -0.144. The molecule has 0 N–H and O–H groups in total. The summed E-state index contributed by atoms with van der Waals surface area (Å²) in [6, 6.07) is 10.5. The van der Waals surface area contributed by atoms with E-state index in [0.29, 0.717) is 5.92 Å². The van der Waals surface area contributed by atoms with Gasteiger partial charge in [0.05, 0.1) is 0 Å². The van der Waals surface area contributed by atoms with Crippen LogP contribution in [-0.2, 0) is 9.53 Å². The summed E-state index contributed by atoms with van der Waals surface area (Å²) >= 11 is 1.92. The van der Waals surface area contributed by atoms with Gasteiger partial charge in [-0.25, -0.2) is 0 Å². The zero-order valence-electron chi connectivity index (χ0n) is 11.8. The van der Waals surface area contributed by atoms with Gasteiger partial charge < -0.3 is 4.74 Å². The molecule has 2 aliphatic rings. The fourth-order valence-corrected chi connectivity index (χ4v) is 4.10. The minimum absolute atomic E-state index is 0.0109. The third-order valence-electron chi connectivity index (χ3n) is 4.13. The van der Waals surface area contributed by atoms with Crippen molar-refractivity contribution in [3.05, 3.63) is 30.3 Å². The zero-order chi connectivity index (χ0) is 13.9. The van der Waals surface area contributed by atoms with Gasteiger partial charge in [0.1, 0.15) is 12.1 Å². The van der Waals surface area contributed by atoms with Crippen LogP contribution in [0.1, 0.15) is 19.8 Å². The average molecular weight is 291 g/mol. The summed E-state index contributed by atoms with van der Waals surface area (Å²) in [6.07, 6.45) is 2.14. The van der Waals surface area contributed by atoms with E-state index in [4.69, 9.17) is 4.74 Å². The van der Waals surface area contributed by atoms with E-state index in [1.165, 1.54) is 11.3 Å². The normalized spacial score (nSPS) is 30.6. The highest BCUT2D eigenvalue weighted by Crippen LogP contribution is 2.29. The molecule has 1 aromatic rings. The van der Waals surface area contributed by atoms with Gasteiger partial charge in [-0.1, -0.05) is 18.2 Å². The smallest absolute Gasteiger partial charge is 0.323 e. The molecule has 1 aromatic carbocycles. The van der Waals surface area contributed by atoms with Gasteiger partial charge in [-0.05, 0) is 37.9 Å². The van der Waals surface area contributed by atoms with Crippen LogP contribution in [-0.4, -0.2) is 41.9 Å². The Morgan fingerprint density at radius 2 is 2.15 bits per heavy atom. The minimum atomic E-state index is -0.0196. The number of ether oxygens (including phenoxy) is 1. The quantitative estimate of drug-likeness (QED) is 0.630. The van der Waals surface area contributed by atoms with Crippen molar-refractivity contribution >= 4 is 17.7 Å². The van der Waals surface area contributed by atoms with Gasteiger partial charge in [0.25, 0.3) is 0 Å². The molecule has 0 aliphatic carbocycles. The van der Waals surface area contributed by atoms with E-state index < -0.39 is 0 Å². The van der Waals surface area contributed by atoms with Crippen molar-refractivity contribution in [2.45, 2.75) is 36.8 Å². The summed E-state index contributed by atoms with van der Waals surface area (Å²) in [4.78, 5) is 15.4. The molecule has 0 amide bonds. The number of nitrogens with zero attached hydrogens (tertiary/aromatic N) is 1. The second kappa shape index (κ2) is 6.19. The van der Waals surface area contributed by atoms with Crippen LogP contribution in [0.15, 0.2) is 35.2 Å². The van der Waals surface area contributed by atoms with Gasteiger partial charge in [-0.2, -0.15) is 0 Å². The van der Waals surface area contributed by atoms with Gasteiger partial charge in [0.15, 0.2) is 0 Å². The number of hydrogen-bond donors (Lipinski definition) is 0. The average Bonchev–Trinajstić information content (AvgIpc) is 3.04. The number of thioether (sulfide) groups is 1. The summed E-state index contributed by atoms with van der Waals surface area (Å²) in [5.74, 6) is 1.80. The number of rotatable bonds is 4. The largest absolute Gasteiger partial charge is 0.461 e. The van der Waals surface area contributed by atoms with E-state index >= 15 is 0 Å². The first-order valence-corrected chi connectivity index (χ1v) is 8.33. The van der Waals surface area contributed by atoms with Crippen molar-refractivity contribution in [3.8, 4) is 0 Å². The lowest BCUT2D eigenvalue weighted by atomic mass is 10.1. The van der Waals surface area contributed by atoms with Crippen LogP contribution in [0.3, 0.4) is 0 Å². The minimum Gasteiger partial charge on any atom is -0.461 e. The number of hydrogen-bond acceptors (Lipinski definition) is 4. The van der Waals surface area contributed by atoms with Crippen molar-refractivity contribution in [1.82, 2.24) is 4.90 Å². The Balaban J connectivity index is 1.49. The van der Waals surface area contributed by atoms with Gasteiger partial charge in [0, 0.05) is 23.6 Å². The van der Waals surface area contributed by atoms with E-state index in [9.17, 15) is 4.79 Å². The maximum Gasteiger partial charge on any atom is 0.323 e. The summed E-state index contributed by atoms with van der Waals surface area (Å²) in [5, 5.41) is 0. The van der Waals surface area contributed by atoms with E-state index in [2.05, 4.69) is 29.2 Å². The maximum absolute atomic E-state index is 11.8. The number of esters is 1. The second-order valence-electron chi connectivity index (χ2n) is 5.77. The van der Waals surface area contributed by atoms with Gasteiger partial charge in [-0.3, -0.25) is 9.69 Å². The number of likely N-dealkylation sites (tertiary alicyclic amines) is 1. The molecule has 2 saturated heterocycles. The van der Waals surface area contributed by atoms with Crippen molar-refractivity contribution in [1.29, 1.82) is 0 Å². The van der Waals surface area contributed by atoms with Crippen molar-refractivity contribution < 1.29 is 9.53 Å². The molecule has 3 atom stereocenters. The Bertz CT molecular complexity index is 465. The molecule has 0 spiro atoms. The van der Waals surface area contributed by atoms with Crippen LogP contribution in [0.4, 0.5) is 0 Å². The summed E-state index contributed by atoms with van der Waals surface area (Å²) in [7, 11) is 0. The molecule has 2 heterocycles. The van der Waals surface area contributed by atoms with Crippen molar-refractivity contribution in [2.24, 2.45) is 5.92 Å². The molecule has 108 valence electrons. The lowest BCUT2D eigenvalue weighted by Crippen LogP contribution is -2.36. The molecular formula is C16H21NO2S. The fraction of sp³-hybridized carbons (Fsp3) is 0.562. The standard InChI is InChI=1S/C16H21NO2S/c1-12-9-15(16(18)19-12)17-8-7-13(10-17)11-20-14-5-3-2-4-6-14/h2-6,12-13,15H,7-11H2,1H3/t12-,13+,15-/m1/s1. The van der Waals surface area contributed by atoms with Gasteiger partial charge in [0.2, 0.25) is 0 Å². The molecule has 2 aliphatic heterocycles. The molecule has 3 nitrogen and oxygen atoms in total. The number of carbonyl (C=O) groups excluding carboxylic acids is 1. The van der Waals surface area contributed by atoms with Crippen molar-refractivity contribution in [2.75, 3.05) is 18.8 Å². The third kappa shape index (κ3) is 3.18. The van der Waals surface area contributed by atoms with Gasteiger partial charge in [-0.15, -0.1) is 11.8 Å². The highest BCUT2D eigenvalue weighted by Gasteiger charge is 2.39. The highest BCUT2D eigenvalue weighted by atomic mass is 32.2. The predicted octanol–water partition coefficient (Wildman–Crippen LogP) is 2.80. The highest BCUT2D eigenvalue weighted by molar-refractivity contribution is 7.99. The fourth-order valence-electron chi connectivity index (χ4n) is 3.05. The number of carbonyl (C=O) groups is 1. The Morgan fingerprint density at radius 1 is 1.35 bits per heavy atom. The van der Waals surface area contributed by atoms with Gasteiger partial charge >= 0.3 is 5.97 Å². The molecule has 2 fully saturated rings. The second-order valence-corrected chi connectivity index (χ2v) is 6.87. The molecule has 0 unspecified atom stereocenters. The monoisotopic (exact) mass is 291 g/mol. The van der Waals surface area contributed by atoms with Crippen LogP contribution < -0.4 is 0 Å². The van der Waals surface area contributed by atoms with Crippen LogP contribution in [0.2, 0.25) is 0 Å². The molecule has 0 radical (unpaired) electrons. The zero-order valence-corrected chi connectivity index (χ0v) is 12.6. The van der Waals surface area contributed by atoms with E-state index in [1.54, 1.807) is 0 Å². The van der Waals surface area contributed by atoms with E-state index in [0.717, 1.165) is 25.3 Å². The first kappa shape index (κ1) is 14.0. The van der Waals surface area contributed by atoms with E-state index in [-0.39, 0.29) is 18.1 Å². The SMILES string of the molecule is C[C@@H]1C[C@@H](N2CC[C@H](CSc3ccccc3)C2)C(=O)O1. The van der Waals surface area contributed by atoms with Crippen LogP contribution in [0, 0.1) is 5.92 Å². The molecular weight excluding hydrogens is 270 g/mol. The van der Waals surface area contributed by atoms with Crippen LogP contribution in [0.5, 0.6) is 0 Å². The number of benzene rings is 1. The summed E-state index contributed by atoms with van der Waals surface area (Å²) < 4.78 is 5.26. The third-order valence-corrected chi connectivity index (χ3v) is 5.38. The van der Waals surface area contributed by atoms with E-state index in [1.807, 2.05) is 24.8 Å². The molecule has 0 bridgehead atoms. The first-order chi connectivity index (χ1) is 9.72. The summed E-state index contributed by atoms with van der Waals surface area (Å²) in [5.41, 5.74) is 0. The Kier molecular flexibility index (Phi) is 4.32. The topological polar surface area (TPSA) is 29.5 Å². The molecule has 3 rings (SSSR count). The molecule has 20 heavy (non-hydrogen) atoms. The summed E-state index contributed by atoms with van der Waals surface area (Å²) in [6.45, 7) is 4.05. The van der Waals surface area contributed by atoms with Crippen LogP contribution in [0.25, 0.3) is 0 Å². The molecule has 4 heteroatoms. The number of cyclic esters (lactones) is 1. The first-order valence-electron chi connectivity index (χ1n) is 7.35. The molecule has 0 saturated carbocycles. The molecule has 0 aromatic heterocycles. The lowest BCUT2D eigenvalue weighted by Gasteiger charge is -2.20. The Hall–Kier alpha value is -1.00. The van der Waals surface area contributed by atoms with Crippen molar-refractivity contribution in [3.63, 3.8) is 0 Å².